The largest absolute Gasteiger partial charge is 0.358 e. The van der Waals surface area contributed by atoms with Crippen molar-refractivity contribution in [3.63, 3.8) is 0 Å². The fraction of sp³-hybridized carbons (Fsp3) is 0.500. The average molecular weight is 214 g/mol. The van der Waals surface area contributed by atoms with Crippen LogP contribution in [0, 0.1) is 10.1 Å². The predicted octanol–water partition coefficient (Wildman–Crippen LogP) is 1.11. The maximum absolute atomic E-state index is 11.8. The van der Waals surface area contributed by atoms with Gasteiger partial charge in [-0.15, -0.1) is 0 Å². The minimum atomic E-state index is -0.616. The summed E-state index contributed by atoms with van der Waals surface area (Å²) in [6, 6.07) is 0. The van der Waals surface area contributed by atoms with Crippen molar-refractivity contribution in [3.05, 3.63) is 22.6 Å². The molecular weight excluding hydrogens is 204 g/mol. The molecule has 0 unspecified atom stereocenters. The van der Waals surface area contributed by atoms with Gasteiger partial charge in [-0.3, -0.25) is 9.18 Å². The lowest BCUT2D eigenvalue weighted by molar-refractivity contribution is -0.392. The Labute approximate surface area is 84.9 Å². The number of aromatic nitrogens is 2. The van der Waals surface area contributed by atoms with Crippen molar-refractivity contribution in [2.75, 3.05) is 6.67 Å². The van der Waals surface area contributed by atoms with Gasteiger partial charge in [0.05, 0.1) is 6.67 Å². The van der Waals surface area contributed by atoms with Gasteiger partial charge in [0.1, 0.15) is 6.20 Å². The first-order valence-electron chi connectivity index (χ1n) is 4.37. The number of nitrogens with zero attached hydrogens (tertiary/aromatic N) is 3. The molecule has 0 atom stereocenters. The molecule has 1 aromatic rings. The number of Topliss-reactive ketones (excluding diaryl/α,β-unsaturated/α-hetero) is 1. The zero-order valence-electron chi connectivity index (χ0n) is 7.93. The molecule has 0 aliphatic heterocycles. The first kappa shape index (κ1) is 11.3. The Morgan fingerprint density at radius 1 is 1.67 bits per heavy atom. The van der Waals surface area contributed by atoms with Crippen LogP contribution in [0.15, 0.2) is 12.5 Å². The Kier molecular flexibility index (Phi) is 3.90. The standard InChI is InChI=1S/C8H10FN3O3/c9-3-1-2-7(13)5-11-6-10-4-8(11)12(14)15/h4,6H,1-3,5H2/i9-1. The molecule has 6 nitrogen and oxygen atoms in total. The molecule has 1 rings (SSSR count). The van der Waals surface area contributed by atoms with E-state index >= 15 is 0 Å². The summed E-state index contributed by atoms with van der Waals surface area (Å²) < 4.78 is 12.9. The number of carbonyl (C=O) groups is 1. The lowest BCUT2D eigenvalue weighted by atomic mass is 10.2. The summed E-state index contributed by atoms with van der Waals surface area (Å²) in [4.78, 5) is 24.6. The van der Waals surface area contributed by atoms with Crippen molar-refractivity contribution >= 4 is 11.6 Å². The number of carbonyl (C=O) groups excluding carboxylic acids is 1. The second-order valence-corrected chi connectivity index (χ2v) is 2.97. The molecule has 0 saturated heterocycles. The number of alkyl halides is 1. The first-order chi connectivity index (χ1) is 7.15. The second kappa shape index (κ2) is 5.18. The van der Waals surface area contributed by atoms with Gasteiger partial charge in [-0.2, -0.15) is 0 Å². The van der Waals surface area contributed by atoms with Crippen LogP contribution in [0.1, 0.15) is 12.8 Å². The molecule has 0 aliphatic rings. The molecule has 7 heteroatoms. The summed E-state index contributed by atoms with van der Waals surface area (Å²) in [5, 5.41) is 10.5. The molecule has 0 aliphatic carbocycles. The third-order valence-corrected chi connectivity index (χ3v) is 1.81. The van der Waals surface area contributed by atoms with Gasteiger partial charge >= 0.3 is 5.82 Å². The van der Waals surface area contributed by atoms with Crippen LogP contribution in [0.3, 0.4) is 0 Å². The van der Waals surface area contributed by atoms with Gasteiger partial charge in [0, 0.05) is 6.42 Å². The highest BCUT2D eigenvalue weighted by molar-refractivity contribution is 5.78. The van der Waals surface area contributed by atoms with Crippen molar-refractivity contribution in [2.24, 2.45) is 0 Å². The highest BCUT2D eigenvalue weighted by atomic mass is 18.2. The van der Waals surface area contributed by atoms with Crippen molar-refractivity contribution < 1.29 is 14.1 Å². The molecule has 15 heavy (non-hydrogen) atoms. The van der Waals surface area contributed by atoms with E-state index in [9.17, 15) is 19.3 Å². The quantitative estimate of drug-likeness (QED) is 0.525. The minimum absolute atomic E-state index is 0.0891. The van der Waals surface area contributed by atoms with E-state index in [1.807, 2.05) is 0 Å². The molecule has 0 radical (unpaired) electrons. The van der Waals surface area contributed by atoms with Crippen molar-refractivity contribution in [1.29, 1.82) is 0 Å². The number of ketones is 1. The number of rotatable bonds is 6. The van der Waals surface area contributed by atoms with Gasteiger partial charge in [0.25, 0.3) is 0 Å². The number of hydrogen-bond donors (Lipinski definition) is 0. The van der Waals surface area contributed by atoms with Crippen LogP contribution in [0.25, 0.3) is 0 Å². The summed E-state index contributed by atoms with van der Waals surface area (Å²) in [5.74, 6) is -0.475. The molecule has 0 spiro atoms. The smallest absolute Gasteiger partial charge is 0.343 e. The van der Waals surface area contributed by atoms with Crippen LogP contribution in [0.5, 0.6) is 0 Å². The van der Waals surface area contributed by atoms with Crippen LogP contribution in [-0.2, 0) is 11.3 Å². The molecule has 0 aromatic carbocycles. The average Bonchev–Trinajstić information content (AvgIpc) is 2.62. The number of nitro groups is 1. The minimum Gasteiger partial charge on any atom is -0.358 e. The van der Waals surface area contributed by atoms with Crippen LogP contribution in [0.2, 0.25) is 0 Å². The van der Waals surface area contributed by atoms with E-state index in [1.54, 1.807) is 0 Å². The number of imidazole rings is 1. The van der Waals surface area contributed by atoms with E-state index in [2.05, 4.69) is 4.98 Å². The SMILES string of the molecule is O=C(CCC[18F])Cn1cncc1[N+](=O)[O-]. The van der Waals surface area contributed by atoms with Crippen LogP contribution in [0.4, 0.5) is 10.2 Å². The lowest BCUT2D eigenvalue weighted by Crippen LogP contribution is -2.11. The van der Waals surface area contributed by atoms with Crippen molar-refractivity contribution in [2.45, 2.75) is 19.4 Å². The molecule has 1 aromatic heterocycles. The van der Waals surface area contributed by atoms with E-state index in [0.717, 1.165) is 10.8 Å². The molecule has 0 fully saturated rings. The molecular formula is C8H10FN3O3. The molecule has 0 N–H and O–H groups in total. The summed E-state index contributed by atoms with van der Waals surface area (Å²) in [5.41, 5.74) is 0. The van der Waals surface area contributed by atoms with Gasteiger partial charge in [0.15, 0.2) is 18.7 Å². The molecule has 0 amide bonds. The van der Waals surface area contributed by atoms with Gasteiger partial charge in [-0.05, 0) is 11.3 Å². The topological polar surface area (TPSA) is 78.0 Å². The second-order valence-electron chi connectivity index (χ2n) is 2.97. The fourth-order valence-electron chi connectivity index (χ4n) is 1.12. The number of halogens is 1. The first-order valence-corrected chi connectivity index (χ1v) is 4.37. The Hall–Kier alpha value is -1.79. The van der Waals surface area contributed by atoms with Gasteiger partial charge in [-0.1, -0.05) is 0 Å². The van der Waals surface area contributed by atoms with Crippen LogP contribution in [-0.4, -0.2) is 26.9 Å². The summed E-state index contributed by atoms with van der Waals surface area (Å²) in [6.45, 7) is -0.686. The normalized spacial score (nSPS) is 10.2. The third kappa shape index (κ3) is 3.12. The molecule has 1 heterocycles. The third-order valence-electron chi connectivity index (χ3n) is 1.81. The molecule has 0 saturated carbocycles. The Morgan fingerprint density at radius 2 is 2.40 bits per heavy atom. The highest BCUT2D eigenvalue weighted by Crippen LogP contribution is 2.09. The predicted molar refractivity (Wildman–Crippen MR) is 49.1 cm³/mol. The summed E-state index contributed by atoms with van der Waals surface area (Å²) >= 11 is 0. The van der Waals surface area contributed by atoms with E-state index in [4.69, 9.17) is 0 Å². The van der Waals surface area contributed by atoms with E-state index in [0.29, 0.717) is 0 Å². The number of hydrogen-bond acceptors (Lipinski definition) is 4. The van der Waals surface area contributed by atoms with Crippen LogP contribution >= 0.6 is 0 Å². The molecule has 82 valence electrons. The lowest BCUT2D eigenvalue weighted by Gasteiger charge is -1.99. The zero-order valence-corrected chi connectivity index (χ0v) is 7.93. The highest BCUT2D eigenvalue weighted by Gasteiger charge is 2.15. The maximum atomic E-state index is 11.8. The van der Waals surface area contributed by atoms with Gasteiger partial charge in [0.2, 0.25) is 0 Å². The summed E-state index contributed by atoms with van der Waals surface area (Å²) in [7, 11) is 0. The van der Waals surface area contributed by atoms with E-state index in [-0.39, 0.29) is 31.0 Å². The maximum Gasteiger partial charge on any atom is 0.343 e. The van der Waals surface area contributed by atoms with E-state index in [1.165, 1.54) is 6.33 Å². The summed E-state index contributed by atoms with van der Waals surface area (Å²) in [6.07, 6.45) is 2.53. The zero-order chi connectivity index (χ0) is 11.3. The molecule has 0 bridgehead atoms. The van der Waals surface area contributed by atoms with Crippen molar-refractivity contribution in [1.82, 2.24) is 9.55 Å². The van der Waals surface area contributed by atoms with Gasteiger partial charge in [-0.25, -0.2) is 9.55 Å². The Balaban J connectivity index is 2.60. The van der Waals surface area contributed by atoms with Gasteiger partial charge < -0.3 is 10.1 Å². The fourth-order valence-corrected chi connectivity index (χ4v) is 1.12. The Morgan fingerprint density at radius 3 is 3.00 bits per heavy atom. The monoisotopic (exact) mass is 214 g/mol. The van der Waals surface area contributed by atoms with Crippen LogP contribution < -0.4 is 0 Å². The Bertz CT molecular complexity index is 364. The van der Waals surface area contributed by atoms with Crippen molar-refractivity contribution in [3.8, 4) is 0 Å². The van der Waals surface area contributed by atoms with E-state index < -0.39 is 11.6 Å².